The molecule has 2 N–H and O–H groups in total. The Kier molecular flexibility index (Phi) is 3.64. The number of nitrogens with zero attached hydrogens (tertiary/aromatic N) is 1. The van der Waals surface area contributed by atoms with Crippen molar-refractivity contribution in [1.82, 2.24) is 0 Å². The highest BCUT2D eigenvalue weighted by atomic mass is 35.5. The van der Waals surface area contributed by atoms with Gasteiger partial charge in [0.05, 0.1) is 10.7 Å². The standard InChI is InChI=1S/C11H17ClN2/c1-4-8(2)14(3)11-6-5-9(13)7-10(11)12/h5-8H,4,13H2,1-3H3. The molecule has 1 rings (SSSR count). The van der Waals surface area contributed by atoms with Crippen LogP contribution in [0.5, 0.6) is 0 Å². The highest BCUT2D eigenvalue weighted by molar-refractivity contribution is 6.33. The van der Waals surface area contributed by atoms with Crippen LogP contribution in [0.1, 0.15) is 20.3 Å². The normalized spacial score (nSPS) is 12.6. The van der Waals surface area contributed by atoms with Crippen molar-refractivity contribution in [1.29, 1.82) is 0 Å². The summed E-state index contributed by atoms with van der Waals surface area (Å²) in [5.74, 6) is 0. The number of nitrogens with two attached hydrogens (primary N) is 1. The third-order valence-electron chi connectivity index (χ3n) is 2.60. The van der Waals surface area contributed by atoms with Crippen LogP contribution in [0, 0.1) is 0 Å². The van der Waals surface area contributed by atoms with Crippen molar-refractivity contribution in [3.63, 3.8) is 0 Å². The van der Waals surface area contributed by atoms with Crippen LogP contribution in [0.4, 0.5) is 11.4 Å². The smallest absolute Gasteiger partial charge is 0.0660 e. The Morgan fingerprint density at radius 1 is 1.50 bits per heavy atom. The number of nitrogen functional groups attached to an aromatic ring is 1. The largest absolute Gasteiger partial charge is 0.399 e. The van der Waals surface area contributed by atoms with Crippen LogP contribution < -0.4 is 10.6 Å². The van der Waals surface area contributed by atoms with Gasteiger partial charge in [-0.05, 0) is 31.5 Å². The first-order valence-corrected chi connectivity index (χ1v) is 5.22. The monoisotopic (exact) mass is 212 g/mol. The molecule has 0 heterocycles. The fraction of sp³-hybridized carbons (Fsp3) is 0.455. The zero-order chi connectivity index (χ0) is 10.7. The summed E-state index contributed by atoms with van der Waals surface area (Å²) in [4.78, 5) is 2.17. The summed E-state index contributed by atoms with van der Waals surface area (Å²) in [5, 5.41) is 0.716. The molecule has 0 amide bonds. The van der Waals surface area contributed by atoms with Crippen molar-refractivity contribution in [2.75, 3.05) is 17.7 Å². The van der Waals surface area contributed by atoms with E-state index < -0.39 is 0 Å². The van der Waals surface area contributed by atoms with Crippen LogP contribution in [0.3, 0.4) is 0 Å². The van der Waals surface area contributed by atoms with Crippen molar-refractivity contribution >= 4 is 23.0 Å². The maximum absolute atomic E-state index is 6.10. The van der Waals surface area contributed by atoms with Crippen LogP contribution in [-0.4, -0.2) is 13.1 Å². The highest BCUT2D eigenvalue weighted by Gasteiger charge is 2.10. The second-order valence-corrected chi connectivity index (χ2v) is 3.99. The van der Waals surface area contributed by atoms with Gasteiger partial charge in [0.2, 0.25) is 0 Å². The lowest BCUT2D eigenvalue weighted by molar-refractivity contribution is 0.664. The van der Waals surface area contributed by atoms with E-state index in [1.807, 2.05) is 19.2 Å². The van der Waals surface area contributed by atoms with Gasteiger partial charge in [-0.15, -0.1) is 0 Å². The Morgan fingerprint density at radius 3 is 2.64 bits per heavy atom. The molecule has 3 heteroatoms. The van der Waals surface area contributed by atoms with Gasteiger partial charge in [0.1, 0.15) is 0 Å². The van der Waals surface area contributed by atoms with Crippen molar-refractivity contribution in [2.45, 2.75) is 26.3 Å². The first-order chi connectivity index (χ1) is 6.56. The van der Waals surface area contributed by atoms with Crippen LogP contribution in [0.15, 0.2) is 18.2 Å². The summed E-state index contributed by atoms with van der Waals surface area (Å²) in [5.41, 5.74) is 7.38. The van der Waals surface area contributed by atoms with Crippen molar-refractivity contribution in [3.8, 4) is 0 Å². The Bertz CT molecular complexity index is 312. The lowest BCUT2D eigenvalue weighted by Crippen LogP contribution is -2.28. The molecule has 0 fully saturated rings. The number of hydrogen-bond donors (Lipinski definition) is 1. The van der Waals surface area contributed by atoms with E-state index in [0.29, 0.717) is 16.8 Å². The van der Waals surface area contributed by atoms with Gasteiger partial charge in [-0.1, -0.05) is 18.5 Å². The van der Waals surface area contributed by atoms with Crippen molar-refractivity contribution in [2.24, 2.45) is 0 Å². The van der Waals surface area contributed by atoms with E-state index in [4.69, 9.17) is 17.3 Å². The van der Waals surface area contributed by atoms with Crippen molar-refractivity contribution < 1.29 is 0 Å². The van der Waals surface area contributed by atoms with Crippen molar-refractivity contribution in [3.05, 3.63) is 23.2 Å². The van der Waals surface area contributed by atoms with Crippen LogP contribution in [0.25, 0.3) is 0 Å². The molecule has 0 spiro atoms. The summed E-state index contributed by atoms with van der Waals surface area (Å²) in [6.45, 7) is 4.33. The molecule has 0 aliphatic rings. The zero-order valence-electron chi connectivity index (χ0n) is 8.92. The summed E-state index contributed by atoms with van der Waals surface area (Å²) in [6, 6.07) is 6.11. The van der Waals surface area contributed by atoms with E-state index in [1.165, 1.54) is 0 Å². The third-order valence-corrected chi connectivity index (χ3v) is 2.91. The quantitative estimate of drug-likeness (QED) is 0.780. The van der Waals surface area contributed by atoms with Crippen LogP contribution in [-0.2, 0) is 0 Å². The topological polar surface area (TPSA) is 29.3 Å². The number of hydrogen-bond acceptors (Lipinski definition) is 2. The minimum absolute atomic E-state index is 0.483. The Balaban J connectivity index is 2.95. The lowest BCUT2D eigenvalue weighted by atomic mass is 10.2. The average molecular weight is 213 g/mol. The molecule has 1 atom stereocenters. The maximum atomic E-state index is 6.10. The molecule has 0 saturated heterocycles. The predicted octanol–water partition coefficient (Wildman–Crippen LogP) is 3.16. The van der Waals surface area contributed by atoms with Gasteiger partial charge in [0.25, 0.3) is 0 Å². The second-order valence-electron chi connectivity index (χ2n) is 3.58. The second kappa shape index (κ2) is 4.56. The molecule has 1 unspecified atom stereocenters. The SMILES string of the molecule is CCC(C)N(C)c1ccc(N)cc1Cl. The highest BCUT2D eigenvalue weighted by Crippen LogP contribution is 2.28. The van der Waals surface area contributed by atoms with Gasteiger partial charge < -0.3 is 10.6 Å². The molecule has 0 saturated carbocycles. The number of rotatable bonds is 3. The molecule has 78 valence electrons. The molecule has 14 heavy (non-hydrogen) atoms. The van der Waals surface area contributed by atoms with E-state index >= 15 is 0 Å². The molecule has 0 aliphatic heterocycles. The van der Waals surface area contributed by atoms with Gasteiger partial charge in [-0.2, -0.15) is 0 Å². The third kappa shape index (κ3) is 2.32. The Morgan fingerprint density at radius 2 is 2.14 bits per heavy atom. The summed E-state index contributed by atoms with van der Waals surface area (Å²) in [6.07, 6.45) is 1.09. The van der Waals surface area contributed by atoms with Crippen LogP contribution >= 0.6 is 11.6 Å². The summed E-state index contributed by atoms with van der Waals surface area (Å²) < 4.78 is 0. The average Bonchev–Trinajstić information content (AvgIpc) is 2.15. The van der Waals surface area contributed by atoms with E-state index in [1.54, 1.807) is 6.07 Å². The van der Waals surface area contributed by atoms with Gasteiger partial charge in [0.15, 0.2) is 0 Å². The van der Waals surface area contributed by atoms with E-state index in [0.717, 1.165) is 12.1 Å². The van der Waals surface area contributed by atoms with E-state index in [-0.39, 0.29) is 0 Å². The van der Waals surface area contributed by atoms with Gasteiger partial charge >= 0.3 is 0 Å². The first-order valence-electron chi connectivity index (χ1n) is 4.84. The summed E-state index contributed by atoms with van der Waals surface area (Å²) in [7, 11) is 2.05. The van der Waals surface area contributed by atoms with E-state index in [9.17, 15) is 0 Å². The lowest BCUT2D eigenvalue weighted by Gasteiger charge is -2.27. The van der Waals surface area contributed by atoms with Crippen LogP contribution in [0.2, 0.25) is 5.02 Å². The fourth-order valence-corrected chi connectivity index (χ4v) is 1.64. The number of halogens is 1. The number of benzene rings is 1. The fourth-order valence-electron chi connectivity index (χ4n) is 1.32. The summed E-state index contributed by atoms with van der Waals surface area (Å²) >= 11 is 6.10. The first kappa shape index (κ1) is 11.2. The molecule has 2 nitrogen and oxygen atoms in total. The molecule has 0 aliphatic carbocycles. The molecule has 0 radical (unpaired) electrons. The molecule has 1 aromatic rings. The van der Waals surface area contributed by atoms with Gasteiger partial charge in [-0.25, -0.2) is 0 Å². The Hall–Kier alpha value is -0.890. The van der Waals surface area contributed by atoms with E-state index in [2.05, 4.69) is 18.7 Å². The Labute approximate surface area is 90.7 Å². The molecular formula is C11H17ClN2. The molecule has 1 aromatic carbocycles. The minimum atomic E-state index is 0.483. The molecular weight excluding hydrogens is 196 g/mol. The minimum Gasteiger partial charge on any atom is -0.399 e. The molecule has 0 aromatic heterocycles. The maximum Gasteiger partial charge on any atom is 0.0660 e. The van der Waals surface area contributed by atoms with Gasteiger partial charge in [0, 0.05) is 18.8 Å². The predicted molar refractivity (Wildman–Crippen MR) is 64.0 cm³/mol. The van der Waals surface area contributed by atoms with Gasteiger partial charge in [-0.3, -0.25) is 0 Å². The zero-order valence-corrected chi connectivity index (χ0v) is 9.67. The molecule has 0 bridgehead atoms. The number of anilines is 2.